The van der Waals surface area contributed by atoms with Crippen LogP contribution >= 0.6 is 0 Å². The standard InChI is InChI=1S/2C8H11O.Mo.2H/c2*1-9-7-6-8-4-2-3-5-8;;;/h2*2-5H,6-7H2,1H3;;;/q2*-1;;;. The van der Waals surface area contributed by atoms with Crippen molar-refractivity contribution in [2.24, 2.45) is 0 Å². The van der Waals surface area contributed by atoms with Gasteiger partial charge in [-0.25, -0.2) is 24.3 Å². The van der Waals surface area contributed by atoms with Crippen molar-refractivity contribution in [2.75, 3.05) is 27.4 Å². The molecule has 2 nitrogen and oxygen atoms in total. The van der Waals surface area contributed by atoms with Crippen molar-refractivity contribution in [1.82, 2.24) is 0 Å². The molecule has 0 heterocycles. The van der Waals surface area contributed by atoms with Crippen molar-refractivity contribution in [2.45, 2.75) is 12.8 Å². The van der Waals surface area contributed by atoms with Gasteiger partial charge in [0.05, 0.1) is 0 Å². The van der Waals surface area contributed by atoms with Gasteiger partial charge in [0.2, 0.25) is 0 Å². The third-order valence-electron chi connectivity index (χ3n) is 2.65. The van der Waals surface area contributed by atoms with Crippen LogP contribution in [0.2, 0.25) is 0 Å². The molecule has 0 aromatic heterocycles. The fourth-order valence-electron chi connectivity index (χ4n) is 1.60. The number of methoxy groups -OCH3 is 2. The molecule has 0 amide bonds. The molecule has 0 aliphatic carbocycles. The predicted molar refractivity (Wildman–Crippen MR) is 78.0 cm³/mol. The Hall–Kier alpha value is -0.692. The van der Waals surface area contributed by atoms with Gasteiger partial charge in [-0.2, -0.15) is 35.4 Å². The number of ether oxygens (including phenoxy) is 2. The Bertz CT molecular complexity index is 327. The monoisotopic (exact) mass is 346 g/mol. The van der Waals surface area contributed by atoms with Gasteiger partial charge >= 0.3 is 21.1 Å². The first-order valence-electron chi connectivity index (χ1n) is 6.26. The number of hydrogen-bond acceptors (Lipinski definition) is 2. The van der Waals surface area contributed by atoms with E-state index in [0.717, 1.165) is 26.1 Å². The summed E-state index contributed by atoms with van der Waals surface area (Å²) in [5, 5.41) is 0. The Labute approximate surface area is 130 Å². The van der Waals surface area contributed by atoms with Gasteiger partial charge in [0, 0.05) is 27.4 Å². The van der Waals surface area contributed by atoms with Crippen LogP contribution in [0.4, 0.5) is 0 Å². The van der Waals surface area contributed by atoms with Crippen LogP contribution in [-0.2, 0) is 43.4 Å². The summed E-state index contributed by atoms with van der Waals surface area (Å²) in [6.07, 6.45) is 2.06. The third kappa shape index (κ3) is 8.93. The van der Waals surface area contributed by atoms with E-state index in [-0.39, 0.29) is 21.1 Å². The van der Waals surface area contributed by atoms with Crippen molar-refractivity contribution in [3.05, 3.63) is 59.7 Å². The van der Waals surface area contributed by atoms with E-state index in [1.165, 1.54) is 11.1 Å². The SMILES string of the molecule is COCC[c-]1cccc1.COCC[c-]1cccc1.[MoH2]. The number of hydrogen-bond donors (Lipinski definition) is 0. The molecule has 2 rings (SSSR count). The van der Waals surface area contributed by atoms with E-state index in [2.05, 4.69) is 24.3 Å². The van der Waals surface area contributed by atoms with E-state index >= 15 is 0 Å². The minimum atomic E-state index is 0. The Morgan fingerprint density at radius 1 is 0.684 bits per heavy atom. The van der Waals surface area contributed by atoms with Crippen LogP contribution in [0.25, 0.3) is 0 Å². The quantitative estimate of drug-likeness (QED) is 0.593. The van der Waals surface area contributed by atoms with Crippen molar-refractivity contribution < 1.29 is 30.5 Å². The molecular formula is C16H24MoO2-2. The van der Waals surface area contributed by atoms with E-state index in [9.17, 15) is 0 Å². The Morgan fingerprint density at radius 2 is 1.00 bits per heavy atom. The van der Waals surface area contributed by atoms with E-state index < -0.39 is 0 Å². The summed E-state index contributed by atoms with van der Waals surface area (Å²) in [7, 11) is 3.45. The van der Waals surface area contributed by atoms with Crippen molar-refractivity contribution in [1.29, 1.82) is 0 Å². The first kappa shape index (κ1) is 18.3. The maximum absolute atomic E-state index is 4.92. The predicted octanol–water partition coefficient (Wildman–Crippen LogP) is 2.65. The molecule has 0 unspecified atom stereocenters. The van der Waals surface area contributed by atoms with Crippen molar-refractivity contribution in [3.63, 3.8) is 0 Å². The summed E-state index contributed by atoms with van der Waals surface area (Å²) in [5.74, 6) is 0. The van der Waals surface area contributed by atoms with Crippen LogP contribution in [-0.4, -0.2) is 27.4 Å². The van der Waals surface area contributed by atoms with E-state index in [1.54, 1.807) is 14.2 Å². The zero-order chi connectivity index (χ0) is 13.1. The first-order chi connectivity index (χ1) is 8.86. The molecule has 0 saturated carbocycles. The molecule has 0 saturated heterocycles. The summed E-state index contributed by atoms with van der Waals surface area (Å²) >= 11 is 0. The molecule has 0 fully saturated rings. The Balaban J connectivity index is 0.000000324. The normalized spacial score (nSPS) is 9.37. The van der Waals surface area contributed by atoms with Crippen LogP contribution in [0.3, 0.4) is 0 Å². The molecule has 0 radical (unpaired) electrons. The molecule has 0 spiro atoms. The van der Waals surface area contributed by atoms with Gasteiger partial charge in [-0.3, -0.25) is 0 Å². The van der Waals surface area contributed by atoms with Crippen LogP contribution in [0.5, 0.6) is 0 Å². The number of rotatable bonds is 6. The fourth-order valence-corrected chi connectivity index (χ4v) is 1.60. The summed E-state index contributed by atoms with van der Waals surface area (Å²) in [5.41, 5.74) is 2.72. The molecule has 19 heavy (non-hydrogen) atoms. The van der Waals surface area contributed by atoms with Crippen LogP contribution in [0.15, 0.2) is 48.5 Å². The second-order valence-corrected chi connectivity index (χ2v) is 4.07. The topological polar surface area (TPSA) is 18.5 Å². The molecular weight excluding hydrogens is 320 g/mol. The van der Waals surface area contributed by atoms with E-state index in [1.807, 2.05) is 24.3 Å². The summed E-state index contributed by atoms with van der Waals surface area (Å²) < 4.78 is 9.83. The Kier molecular flexibility index (Phi) is 11.9. The molecule has 0 bridgehead atoms. The molecule has 2 aromatic carbocycles. The molecule has 0 aliphatic heterocycles. The van der Waals surface area contributed by atoms with Crippen molar-refractivity contribution >= 4 is 0 Å². The second-order valence-electron chi connectivity index (χ2n) is 4.07. The average Bonchev–Trinajstić information content (AvgIpc) is 3.07. The molecule has 0 N–H and O–H groups in total. The minimum absolute atomic E-state index is 0. The van der Waals surface area contributed by atoms with Gasteiger partial charge in [0.15, 0.2) is 0 Å². The molecule has 3 heteroatoms. The summed E-state index contributed by atoms with van der Waals surface area (Å²) in [6.45, 7) is 1.65. The second kappa shape index (κ2) is 12.3. The zero-order valence-electron chi connectivity index (χ0n) is 11.8. The maximum atomic E-state index is 4.92. The average molecular weight is 344 g/mol. The van der Waals surface area contributed by atoms with Gasteiger partial charge in [0.1, 0.15) is 0 Å². The van der Waals surface area contributed by atoms with E-state index in [0.29, 0.717) is 0 Å². The summed E-state index contributed by atoms with van der Waals surface area (Å²) in [4.78, 5) is 0. The van der Waals surface area contributed by atoms with Crippen LogP contribution in [0, 0.1) is 0 Å². The Morgan fingerprint density at radius 3 is 1.26 bits per heavy atom. The van der Waals surface area contributed by atoms with Gasteiger partial charge < -0.3 is 9.47 Å². The van der Waals surface area contributed by atoms with Gasteiger partial charge in [0.25, 0.3) is 0 Å². The van der Waals surface area contributed by atoms with E-state index in [4.69, 9.17) is 9.47 Å². The third-order valence-corrected chi connectivity index (χ3v) is 2.65. The first-order valence-corrected chi connectivity index (χ1v) is 6.26. The van der Waals surface area contributed by atoms with Gasteiger partial charge in [-0.15, -0.1) is 0 Å². The van der Waals surface area contributed by atoms with Crippen LogP contribution < -0.4 is 0 Å². The van der Waals surface area contributed by atoms with Gasteiger partial charge in [-0.1, -0.05) is 12.8 Å². The molecule has 2 aromatic rings. The fraction of sp³-hybridized carbons (Fsp3) is 0.375. The molecule has 0 aliphatic rings. The molecule has 0 atom stereocenters. The zero-order valence-corrected chi connectivity index (χ0v) is 14.2. The van der Waals surface area contributed by atoms with Gasteiger partial charge in [-0.05, 0) is 0 Å². The van der Waals surface area contributed by atoms with Crippen molar-refractivity contribution in [3.8, 4) is 0 Å². The molecule has 108 valence electrons. The van der Waals surface area contributed by atoms with Crippen LogP contribution in [0.1, 0.15) is 11.1 Å². The summed E-state index contributed by atoms with van der Waals surface area (Å²) in [6, 6.07) is 16.6.